The molecule has 0 spiro atoms. The number of ether oxygens (including phenoxy) is 1. The summed E-state index contributed by atoms with van der Waals surface area (Å²) < 4.78 is 5.16. The summed E-state index contributed by atoms with van der Waals surface area (Å²) in [6.45, 7) is 0. The van der Waals surface area contributed by atoms with Crippen LogP contribution in [0.25, 0.3) is 0 Å². The second-order valence-electron chi connectivity index (χ2n) is 4.79. The number of nitrogens with zero attached hydrogens (tertiary/aromatic N) is 1. The summed E-state index contributed by atoms with van der Waals surface area (Å²) in [5.74, 6) is 1.38. The van der Waals surface area contributed by atoms with E-state index in [0.29, 0.717) is 5.75 Å². The molecule has 0 bridgehead atoms. The first-order valence-corrected chi connectivity index (χ1v) is 7.67. The Morgan fingerprint density at radius 2 is 1.81 bits per heavy atom. The number of methoxy groups -OCH3 is 1. The maximum atomic E-state index is 12.2. The van der Waals surface area contributed by atoms with Crippen molar-refractivity contribution in [2.75, 3.05) is 23.5 Å². The Bertz CT molecular complexity index is 640. The smallest absolute Gasteiger partial charge is 0.238 e. The number of carbonyl (C=O) groups is 1. The van der Waals surface area contributed by atoms with Gasteiger partial charge in [0.15, 0.2) is 0 Å². The van der Waals surface area contributed by atoms with E-state index in [-0.39, 0.29) is 11.3 Å². The minimum Gasteiger partial charge on any atom is -0.497 e. The second kappa shape index (κ2) is 5.69. The highest BCUT2D eigenvalue weighted by Gasteiger charge is 2.33. The standard InChI is InChI=1S/C16H16N2O2S/c1-20-14-8-6-13(7-9-14)18-15(19)10-21-16(18)11-2-4-12(17)5-3-11/h2-9,16H,10,17H2,1H3/t16-/m1/s1. The van der Waals surface area contributed by atoms with Gasteiger partial charge in [0.05, 0.1) is 12.9 Å². The van der Waals surface area contributed by atoms with Crippen LogP contribution in [0.5, 0.6) is 5.75 Å². The topological polar surface area (TPSA) is 55.6 Å². The number of anilines is 2. The van der Waals surface area contributed by atoms with Gasteiger partial charge in [-0.05, 0) is 42.0 Å². The minimum atomic E-state index is -0.00788. The normalized spacial score (nSPS) is 18.0. The number of nitrogens with two attached hydrogens (primary N) is 1. The van der Waals surface area contributed by atoms with Crippen LogP contribution in [0.2, 0.25) is 0 Å². The highest BCUT2D eigenvalue weighted by molar-refractivity contribution is 8.00. The van der Waals surface area contributed by atoms with Gasteiger partial charge in [-0.2, -0.15) is 0 Å². The van der Waals surface area contributed by atoms with Gasteiger partial charge in [0.2, 0.25) is 5.91 Å². The lowest BCUT2D eigenvalue weighted by atomic mass is 10.1. The lowest BCUT2D eigenvalue weighted by Crippen LogP contribution is -2.27. The van der Waals surface area contributed by atoms with Crippen LogP contribution in [-0.2, 0) is 4.79 Å². The van der Waals surface area contributed by atoms with E-state index < -0.39 is 0 Å². The fourth-order valence-electron chi connectivity index (χ4n) is 2.35. The van der Waals surface area contributed by atoms with Gasteiger partial charge in [0.25, 0.3) is 0 Å². The molecule has 1 heterocycles. The molecule has 2 N–H and O–H groups in total. The zero-order valence-corrected chi connectivity index (χ0v) is 12.5. The Morgan fingerprint density at radius 3 is 2.43 bits per heavy atom. The number of hydrogen-bond donors (Lipinski definition) is 1. The monoisotopic (exact) mass is 300 g/mol. The first kappa shape index (κ1) is 13.8. The van der Waals surface area contributed by atoms with Crippen LogP contribution < -0.4 is 15.4 Å². The number of thioether (sulfide) groups is 1. The van der Waals surface area contributed by atoms with Crippen molar-refractivity contribution in [2.24, 2.45) is 0 Å². The maximum absolute atomic E-state index is 12.2. The zero-order valence-electron chi connectivity index (χ0n) is 11.7. The lowest BCUT2D eigenvalue weighted by molar-refractivity contribution is -0.115. The van der Waals surface area contributed by atoms with Crippen LogP contribution in [0.15, 0.2) is 48.5 Å². The van der Waals surface area contributed by atoms with E-state index in [2.05, 4.69) is 0 Å². The van der Waals surface area contributed by atoms with Crippen molar-refractivity contribution in [3.05, 3.63) is 54.1 Å². The summed E-state index contributed by atoms with van der Waals surface area (Å²) >= 11 is 1.63. The Labute approximate surface area is 127 Å². The summed E-state index contributed by atoms with van der Waals surface area (Å²) in [5, 5.41) is -0.00788. The molecular weight excluding hydrogens is 284 g/mol. The molecule has 0 radical (unpaired) electrons. The average Bonchev–Trinajstić information content (AvgIpc) is 2.90. The molecule has 1 fully saturated rings. The van der Waals surface area contributed by atoms with Crippen molar-refractivity contribution >= 4 is 29.0 Å². The number of nitrogen functional groups attached to an aromatic ring is 1. The Balaban J connectivity index is 1.93. The molecule has 0 unspecified atom stereocenters. The van der Waals surface area contributed by atoms with Crippen LogP contribution in [-0.4, -0.2) is 18.8 Å². The molecule has 0 aromatic heterocycles. The van der Waals surface area contributed by atoms with Crippen molar-refractivity contribution in [2.45, 2.75) is 5.37 Å². The molecule has 0 aliphatic carbocycles. The highest BCUT2D eigenvalue weighted by atomic mass is 32.2. The fourth-order valence-corrected chi connectivity index (χ4v) is 3.53. The van der Waals surface area contributed by atoms with E-state index in [1.165, 1.54) is 0 Å². The number of carbonyl (C=O) groups excluding carboxylic acids is 1. The van der Waals surface area contributed by atoms with Gasteiger partial charge < -0.3 is 10.5 Å². The predicted molar refractivity (Wildman–Crippen MR) is 86.5 cm³/mol. The van der Waals surface area contributed by atoms with E-state index in [1.807, 2.05) is 53.4 Å². The molecule has 4 nitrogen and oxygen atoms in total. The van der Waals surface area contributed by atoms with Crippen LogP contribution in [0.4, 0.5) is 11.4 Å². The Hall–Kier alpha value is -2.14. The van der Waals surface area contributed by atoms with Crippen LogP contribution >= 0.6 is 11.8 Å². The first-order chi connectivity index (χ1) is 10.2. The zero-order chi connectivity index (χ0) is 14.8. The molecule has 1 saturated heterocycles. The predicted octanol–water partition coefficient (Wildman–Crippen LogP) is 3.06. The Kier molecular flexibility index (Phi) is 3.75. The first-order valence-electron chi connectivity index (χ1n) is 6.62. The van der Waals surface area contributed by atoms with Gasteiger partial charge >= 0.3 is 0 Å². The van der Waals surface area contributed by atoms with Crippen molar-refractivity contribution in [1.29, 1.82) is 0 Å². The van der Waals surface area contributed by atoms with E-state index in [4.69, 9.17) is 10.5 Å². The van der Waals surface area contributed by atoms with Crippen molar-refractivity contribution in [3.63, 3.8) is 0 Å². The van der Waals surface area contributed by atoms with Gasteiger partial charge in [-0.25, -0.2) is 0 Å². The largest absolute Gasteiger partial charge is 0.497 e. The van der Waals surface area contributed by atoms with Crippen LogP contribution in [0, 0.1) is 0 Å². The third-order valence-electron chi connectivity index (χ3n) is 3.44. The lowest BCUT2D eigenvalue weighted by Gasteiger charge is -2.24. The number of benzene rings is 2. The van der Waals surface area contributed by atoms with Gasteiger partial charge in [-0.15, -0.1) is 11.8 Å². The molecule has 108 valence electrons. The average molecular weight is 300 g/mol. The quantitative estimate of drug-likeness (QED) is 0.885. The summed E-state index contributed by atoms with van der Waals surface area (Å²) in [6, 6.07) is 15.2. The number of hydrogen-bond acceptors (Lipinski definition) is 4. The third-order valence-corrected chi connectivity index (χ3v) is 4.65. The van der Waals surface area contributed by atoms with Gasteiger partial charge in [0.1, 0.15) is 11.1 Å². The summed E-state index contributed by atoms with van der Waals surface area (Å²) in [6.07, 6.45) is 0. The van der Waals surface area contributed by atoms with E-state index in [9.17, 15) is 4.79 Å². The Morgan fingerprint density at radius 1 is 1.14 bits per heavy atom. The SMILES string of the molecule is COc1ccc(N2C(=O)CS[C@@H]2c2ccc(N)cc2)cc1. The molecule has 2 aromatic rings. The van der Waals surface area contributed by atoms with Crippen LogP contribution in [0.1, 0.15) is 10.9 Å². The number of amides is 1. The molecule has 2 aromatic carbocycles. The molecule has 3 rings (SSSR count). The molecule has 1 atom stereocenters. The molecule has 1 aliphatic heterocycles. The maximum Gasteiger partial charge on any atom is 0.238 e. The van der Waals surface area contributed by atoms with Gasteiger partial charge in [-0.3, -0.25) is 9.69 Å². The molecule has 21 heavy (non-hydrogen) atoms. The fraction of sp³-hybridized carbons (Fsp3) is 0.188. The molecule has 5 heteroatoms. The molecule has 0 saturated carbocycles. The molecular formula is C16H16N2O2S. The van der Waals surface area contributed by atoms with Crippen molar-refractivity contribution < 1.29 is 9.53 Å². The minimum absolute atomic E-state index is 0.00788. The summed E-state index contributed by atoms with van der Waals surface area (Å²) in [7, 11) is 1.63. The van der Waals surface area contributed by atoms with Gasteiger partial charge in [-0.1, -0.05) is 12.1 Å². The molecule has 1 amide bonds. The van der Waals surface area contributed by atoms with Crippen molar-refractivity contribution in [1.82, 2.24) is 0 Å². The summed E-state index contributed by atoms with van der Waals surface area (Å²) in [4.78, 5) is 14.1. The highest BCUT2D eigenvalue weighted by Crippen LogP contribution is 2.42. The number of rotatable bonds is 3. The second-order valence-corrected chi connectivity index (χ2v) is 5.86. The summed E-state index contributed by atoms with van der Waals surface area (Å²) in [5.41, 5.74) is 8.42. The van der Waals surface area contributed by atoms with E-state index in [0.717, 1.165) is 22.7 Å². The van der Waals surface area contributed by atoms with E-state index in [1.54, 1.807) is 18.9 Å². The van der Waals surface area contributed by atoms with Gasteiger partial charge in [0, 0.05) is 11.4 Å². The van der Waals surface area contributed by atoms with Crippen LogP contribution in [0.3, 0.4) is 0 Å². The van der Waals surface area contributed by atoms with Crippen molar-refractivity contribution in [3.8, 4) is 5.75 Å². The van der Waals surface area contributed by atoms with E-state index >= 15 is 0 Å². The third kappa shape index (κ3) is 2.69. The molecule has 1 aliphatic rings.